The zero-order chi connectivity index (χ0) is 13.4. The summed E-state index contributed by atoms with van der Waals surface area (Å²) in [5.41, 5.74) is 0.889. The van der Waals surface area contributed by atoms with Gasteiger partial charge in [-0.1, -0.05) is 13.8 Å². The van der Waals surface area contributed by atoms with Crippen LogP contribution in [0.25, 0.3) is 0 Å². The fourth-order valence-electron chi connectivity index (χ4n) is 1.38. The minimum atomic E-state index is 0.00510. The molecule has 1 heterocycles. The van der Waals surface area contributed by atoms with Gasteiger partial charge in [-0.15, -0.1) is 0 Å². The molecule has 5 nitrogen and oxygen atoms in total. The Morgan fingerprint density at radius 2 is 2.17 bits per heavy atom. The first kappa shape index (κ1) is 14.3. The summed E-state index contributed by atoms with van der Waals surface area (Å²) in [7, 11) is 0. The van der Waals surface area contributed by atoms with E-state index in [1.54, 1.807) is 6.20 Å². The van der Waals surface area contributed by atoms with E-state index in [9.17, 15) is 4.79 Å². The van der Waals surface area contributed by atoms with Crippen molar-refractivity contribution in [2.24, 2.45) is 5.92 Å². The average Bonchev–Trinajstić information content (AvgIpc) is 2.35. The van der Waals surface area contributed by atoms with Crippen LogP contribution in [0.15, 0.2) is 18.3 Å². The van der Waals surface area contributed by atoms with E-state index >= 15 is 0 Å². The monoisotopic (exact) mass is 250 g/mol. The van der Waals surface area contributed by atoms with Crippen LogP contribution in [0.2, 0.25) is 0 Å². The Bertz CT molecular complexity index is 379. The summed E-state index contributed by atoms with van der Waals surface area (Å²) in [6, 6.07) is 3.73. The minimum Gasteiger partial charge on any atom is -0.376 e. The fourth-order valence-corrected chi connectivity index (χ4v) is 1.38. The first-order valence-corrected chi connectivity index (χ1v) is 6.32. The summed E-state index contributed by atoms with van der Waals surface area (Å²) >= 11 is 0. The number of carbonyl (C=O) groups is 1. The molecular formula is C13H22N4O. The van der Waals surface area contributed by atoms with Crippen molar-refractivity contribution >= 4 is 17.4 Å². The summed E-state index contributed by atoms with van der Waals surface area (Å²) in [5, 5.41) is 9.06. The highest BCUT2D eigenvalue weighted by Crippen LogP contribution is 2.10. The second kappa shape index (κ2) is 7.53. The number of hydrogen-bond acceptors (Lipinski definition) is 4. The second-order valence-electron chi connectivity index (χ2n) is 4.51. The number of nitrogens with zero attached hydrogens (tertiary/aromatic N) is 1. The number of aromatic nitrogens is 1. The molecule has 1 amide bonds. The maximum Gasteiger partial charge on any atom is 0.239 e. The third-order valence-corrected chi connectivity index (χ3v) is 2.28. The van der Waals surface area contributed by atoms with Crippen molar-refractivity contribution in [3.05, 3.63) is 18.3 Å². The lowest BCUT2D eigenvalue weighted by atomic mass is 10.2. The molecule has 0 fully saturated rings. The number of rotatable bonds is 7. The third kappa shape index (κ3) is 5.52. The quantitative estimate of drug-likeness (QED) is 0.689. The van der Waals surface area contributed by atoms with Crippen molar-refractivity contribution < 1.29 is 4.79 Å². The molecule has 0 atom stereocenters. The van der Waals surface area contributed by atoms with Gasteiger partial charge in [-0.05, 0) is 18.9 Å². The second-order valence-corrected chi connectivity index (χ2v) is 4.51. The summed E-state index contributed by atoms with van der Waals surface area (Å²) in [6.45, 7) is 7.97. The molecule has 0 aliphatic heterocycles. The topological polar surface area (TPSA) is 66.0 Å². The maximum absolute atomic E-state index is 11.5. The first-order valence-electron chi connectivity index (χ1n) is 6.32. The molecule has 1 aromatic rings. The van der Waals surface area contributed by atoms with Gasteiger partial charge in [-0.25, -0.2) is 4.98 Å². The van der Waals surface area contributed by atoms with E-state index in [0.717, 1.165) is 18.1 Å². The molecule has 1 aromatic heterocycles. The highest BCUT2D eigenvalue weighted by molar-refractivity contribution is 5.80. The van der Waals surface area contributed by atoms with Crippen molar-refractivity contribution in [2.75, 3.05) is 30.3 Å². The molecule has 0 aliphatic rings. The summed E-state index contributed by atoms with van der Waals surface area (Å²) in [6.07, 6.45) is 1.71. The molecule has 0 aromatic carbocycles. The molecule has 0 saturated heterocycles. The molecule has 0 aliphatic carbocycles. The van der Waals surface area contributed by atoms with Gasteiger partial charge in [0.05, 0.1) is 6.54 Å². The smallest absolute Gasteiger partial charge is 0.239 e. The van der Waals surface area contributed by atoms with Crippen molar-refractivity contribution in [3.63, 3.8) is 0 Å². The Kier molecular flexibility index (Phi) is 5.97. The molecule has 0 saturated carbocycles. The lowest BCUT2D eigenvalue weighted by Gasteiger charge is -2.10. The van der Waals surface area contributed by atoms with Crippen molar-refractivity contribution in [1.82, 2.24) is 10.3 Å². The number of pyridine rings is 1. The number of carbonyl (C=O) groups excluding carboxylic acids is 1. The van der Waals surface area contributed by atoms with Crippen LogP contribution in [-0.2, 0) is 4.79 Å². The van der Waals surface area contributed by atoms with Gasteiger partial charge in [-0.2, -0.15) is 0 Å². The first-order chi connectivity index (χ1) is 8.61. The molecule has 0 bridgehead atoms. The predicted molar refractivity (Wildman–Crippen MR) is 74.7 cm³/mol. The summed E-state index contributed by atoms with van der Waals surface area (Å²) in [5.74, 6) is 1.28. The third-order valence-electron chi connectivity index (χ3n) is 2.28. The summed E-state index contributed by atoms with van der Waals surface area (Å²) in [4.78, 5) is 15.7. The van der Waals surface area contributed by atoms with Gasteiger partial charge in [0.1, 0.15) is 5.82 Å². The molecule has 100 valence electrons. The largest absolute Gasteiger partial charge is 0.376 e. The lowest BCUT2D eigenvalue weighted by Crippen LogP contribution is -2.32. The zero-order valence-electron chi connectivity index (χ0n) is 11.3. The highest BCUT2D eigenvalue weighted by atomic mass is 16.1. The van der Waals surface area contributed by atoms with E-state index in [1.807, 2.05) is 19.1 Å². The molecule has 3 N–H and O–H groups in total. The molecule has 1 rings (SSSR count). The van der Waals surface area contributed by atoms with Crippen LogP contribution in [0.5, 0.6) is 0 Å². The normalized spacial score (nSPS) is 10.2. The van der Waals surface area contributed by atoms with E-state index in [2.05, 4.69) is 34.8 Å². The summed E-state index contributed by atoms with van der Waals surface area (Å²) < 4.78 is 0. The van der Waals surface area contributed by atoms with E-state index in [4.69, 9.17) is 0 Å². The van der Waals surface area contributed by atoms with Crippen LogP contribution in [-0.4, -0.2) is 30.5 Å². The zero-order valence-corrected chi connectivity index (χ0v) is 11.3. The lowest BCUT2D eigenvalue weighted by molar-refractivity contribution is -0.119. The van der Waals surface area contributed by atoms with E-state index in [-0.39, 0.29) is 12.5 Å². The molecular weight excluding hydrogens is 228 g/mol. The van der Waals surface area contributed by atoms with Crippen LogP contribution in [0.4, 0.5) is 11.5 Å². The molecule has 18 heavy (non-hydrogen) atoms. The van der Waals surface area contributed by atoms with Gasteiger partial charge in [0.15, 0.2) is 0 Å². The van der Waals surface area contributed by atoms with Crippen molar-refractivity contribution in [1.29, 1.82) is 0 Å². The molecule has 0 spiro atoms. The average molecular weight is 250 g/mol. The van der Waals surface area contributed by atoms with Crippen LogP contribution in [0, 0.1) is 5.92 Å². The predicted octanol–water partition coefficient (Wildman–Crippen LogP) is 1.70. The van der Waals surface area contributed by atoms with Gasteiger partial charge in [0, 0.05) is 31.0 Å². The van der Waals surface area contributed by atoms with Crippen LogP contribution >= 0.6 is 0 Å². The van der Waals surface area contributed by atoms with Crippen LogP contribution < -0.4 is 16.0 Å². The van der Waals surface area contributed by atoms with Crippen molar-refractivity contribution in [2.45, 2.75) is 20.8 Å². The van der Waals surface area contributed by atoms with Crippen molar-refractivity contribution in [3.8, 4) is 0 Å². The Hall–Kier alpha value is -1.78. The Labute approximate surface area is 108 Å². The minimum absolute atomic E-state index is 0.00510. The highest BCUT2D eigenvalue weighted by Gasteiger charge is 2.02. The van der Waals surface area contributed by atoms with E-state index in [0.29, 0.717) is 12.5 Å². The van der Waals surface area contributed by atoms with Crippen LogP contribution in [0.1, 0.15) is 20.8 Å². The Morgan fingerprint density at radius 3 is 2.83 bits per heavy atom. The van der Waals surface area contributed by atoms with Gasteiger partial charge in [0.2, 0.25) is 5.91 Å². The standard InChI is InChI=1S/C13H22N4O/c1-4-14-12-7-11(5-6-15-12)16-9-13(18)17-8-10(2)3/h5-7,10H,4,8-9H2,1-3H3,(H,17,18)(H2,14,15,16). The SMILES string of the molecule is CCNc1cc(NCC(=O)NCC(C)C)ccn1. The van der Waals surface area contributed by atoms with E-state index in [1.165, 1.54) is 0 Å². The number of hydrogen-bond donors (Lipinski definition) is 3. The Balaban J connectivity index is 2.38. The van der Waals surface area contributed by atoms with Gasteiger partial charge in [-0.3, -0.25) is 4.79 Å². The maximum atomic E-state index is 11.5. The molecule has 0 radical (unpaired) electrons. The molecule has 5 heteroatoms. The van der Waals surface area contributed by atoms with Crippen LogP contribution in [0.3, 0.4) is 0 Å². The number of nitrogens with one attached hydrogen (secondary N) is 3. The van der Waals surface area contributed by atoms with Gasteiger partial charge < -0.3 is 16.0 Å². The number of anilines is 2. The molecule has 0 unspecified atom stereocenters. The Morgan fingerprint density at radius 1 is 1.39 bits per heavy atom. The number of amides is 1. The van der Waals surface area contributed by atoms with Gasteiger partial charge in [0.25, 0.3) is 0 Å². The van der Waals surface area contributed by atoms with Gasteiger partial charge >= 0.3 is 0 Å². The fraction of sp³-hybridized carbons (Fsp3) is 0.538. The van der Waals surface area contributed by atoms with E-state index < -0.39 is 0 Å².